The van der Waals surface area contributed by atoms with E-state index in [-0.39, 0.29) is 0 Å². The number of sulfonamides is 1. The van der Waals surface area contributed by atoms with Crippen molar-refractivity contribution in [3.8, 4) is 0 Å². The number of β-amino-alcohol motifs (C(OH)–C–C–N with tert-alkyl or cyclic N) is 1. The zero-order chi connectivity index (χ0) is 12.0. The van der Waals surface area contributed by atoms with E-state index in [1.54, 1.807) is 0 Å². The van der Waals surface area contributed by atoms with Gasteiger partial charge in [-0.2, -0.15) is 0 Å². The quantitative estimate of drug-likeness (QED) is 0.610. The fourth-order valence-electron chi connectivity index (χ4n) is 1.17. The smallest absolute Gasteiger partial charge is 0.334 e. The summed E-state index contributed by atoms with van der Waals surface area (Å²) in [5.74, 6) is -2.27. The number of carbonyl (C=O) groups excluding carboxylic acids is 1. The first kappa shape index (κ1) is 11.9. The molecule has 1 heterocycles. The number of carboxylic acids is 1. The maximum Gasteiger partial charge on any atom is 0.334 e. The van der Waals surface area contributed by atoms with E-state index in [4.69, 9.17) is 10.2 Å². The van der Waals surface area contributed by atoms with E-state index in [2.05, 4.69) is 0 Å². The molecule has 1 aliphatic heterocycles. The van der Waals surface area contributed by atoms with Gasteiger partial charge in [-0.15, -0.1) is 0 Å². The Bertz CT molecular complexity index is 411. The van der Waals surface area contributed by atoms with Crippen LogP contribution in [-0.2, 0) is 19.6 Å². The summed E-state index contributed by atoms with van der Waals surface area (Å²) in [5.41, 5.74) is 0. The molecule has 0 saturated carbocycles. The Kier molecular flexibility index (Phi) is 2.52. The Labute approximate surface area is 86.4 Å². The second kappa shape index (κ2) is 3.17. The fraction of sp³-hybridized carbons (Fsp3) is 0.714. The lowest BCUT2D eigenvalue weighted by Crippen LogP contribution is -2.68. The minimum atomic E-state index is -3.82. The zero-order valence-corrected chi connectivity index (χ0v) is 8.98. The summed E-state index contributed by atoms with van der Waals surface area (Å²) >= 11 is 0. The van der Waals surface area contributed by atoms with Gasteiger partial charge in [0.25, 0.3) is 15.9 Å². The third kappa shape index (κ3) is 1.49. The summed E-state index contributed by atoms with van der Waals surface area (Å²) in [4.78, 5) is 21.6. The number of carboxylic acid groups (broad SMARTS) is 1. The normalized spacial score (nSPS) is 24.5. The molecule has 0 spiro atoms. The van der Waals surface area contributed by atoms with Crippen LogP contribution in [0.1, 0.15) is 13.8 Å². The molecule has 86 valence electrons. The van der Waals surface area contributed by atoms with Crippen LogP contribution in [0.25, 0.3) is 0 Å². The van der Waals surface area contributed by atoms with Gasteiger partial charge in [-0.05, 0) is 13.8 Å². The molecule has 0 bridgehead atoms. The van der Waals surface area contributed by atoms with Crippen molar-refractivity contribution in [3.05, 3.63) is 0 Å². The number of hydrogen-bond donors (Lipinski definition) is 2. The van der Waals surface area contributed by atoms with Gasteiger partial charge in [-0.25, -0.2) is 17.5 Å². The van der Waals surface area contributed by atoms with Gasteiger partial charge in [-0.3, -0.25) is 4.79 Å². The summed E-state index contributed by atoms with van der Waals surface area (Å²) < 4.78 is 21.7. The van der Waals surface area contributed by atoms with Crippen molar-refractivity contribution in [2.45, 2.75) is 24.7 Å². The van der Waals surface area contributed by atoms with Gasteiger partial charge < -0.3 is 10.2 Å². The first-order valence-corrected chi connectivity index (χ1v) is 5.54. The van der Waals surface area contributed by atoms with Gasteiger partial charge in [0.05, 0.1) is 6.54 Å². The van der Waals surface area contributed by atoms with Gasteiger partial charge >= 0.3 is 5.97 Å². The number of aliphatic carboxylic acids is 1. The minimum Gasteiger partial charge on any atom is -0.479 e. The average molecular weight is 237 g/mol. The Morgan fingerprint density at radius 3 is 2.33 bits per heavy atom. The van der Waals surface area contributed by atoms with Crippen LogP contribution in [0.2, 0.25) is 0 Å². The molecule has 1 aliphatic rings. The van der Waals surface area contributed by atoms with Crippen molar-refractivity contribution in [3.63, 3.8) is 0 Å². The van der Waals surface area contributed by atoms with Crippen LogP contribution >= 0.6 is 0 Å². The van der Waals surface area contributed by atoms with Gasteiger partial charge in [0.15, 0.2) is 10.9 Å². The molecule has 7 nitrogen and oxygen atoms in total. The summed E-state index contributed by atoms with van der Waals surface area (Å²) in [6, 6.07) is 0. The van der Waals surface area contributed by atoms with Crippen LogP contribution in [0, 0.1) is 0 Å². The Morgan fingerprint density at radius 1 is 1.53 bits per heavy atom. The molecule has 1 saturated heterocycles. The van der Waals surface area contributed by atoms with Gasteiger partial charge in [0.2, 0.25) is 0 Å². The predicted octanol–water partition coefficient (Wildman–Crippen LogP) is -1.62. The number of amides is 1. The van der Waals surface area contributed by atoms with Crippen LogP contribution in [-0.4, -0.2) is 52.2 Å². The zero-order valence-electron chi connectivity index (χ0n) is 8.17. The largest absolute Gasteiger partial charge is 0.479 e. The van der Waals surface area contributed by atoms with E-state index in [0.29, 0.717) is 4.31 Å². The van der Waals surface area contributed by atoms with E-state index in [9.17, 15) is 18.0 Å². The van der Waals surface area contributed by atoms with Crippen LogP contribution in [0.4, 0.5) is 0 Å². The molecule has 0 aliphatic carbocycles. The van der Waals surface area contributed by atoms with Crippen LogP contribution in [0.3, 0.4) is 0 Å². The maximum absolute atomic E-state index is 11.4. The molecule has 1 amide bonds. The number of carbonyl (C=O) groups is 2. The molecule has 1 rings (SSSR count). The van der Waals surface area contributed by atoms with Gasteiger partial charge in [0, 0.05) is 0 Å². The number of hydrogen-bond acceptors (Lipinski definition) is 5. The van der Waals surface area contributed by atoms with Crippen molar-refractivity contribution < 1.29 is 28.2 Å². The van der Waals surface area contributed by atoms with E-state index >= 15 is 0 Å². The first-order chi connectivity index (χ1) is 6.62. The van der Waals surface area contributed by atoms with Crippen LogP contribution in [0.15, 0.2) is 0 Å². The SMILES string of the molecule is CC1(C)C(=O)N(CC(O)C(=O)O)S1(=O)=O. The predicted molar refractivity (Wildman–Crippen MR) is 48.4 cm³/mol. The van der Waals surface area contributed by atoms with Crippen molar-refractivity contribution in [2.24, 2.45) is 0 Å². The topological polar surface area (TPSA) is 112 Å². The highest BCUT2D eigenvalue weighted by atomic mass is 32.2. The molecule has 0 aromatic heterocycles. The number of rotatable bonds is 3. The molecule has 1 atom stereocenters. The van der Waals surface area contributed by atoms with Crippen molar-refractivity contribution in [2.75, 3.05) is 6.54 Å². The maximum atomic E-state index is 11.4. The highest BCUT2D eigenvalue weighted by molar-refractivity contribution is 7.94. The van der Waals surface area contributed by atoms with Gasteiger partial charge in [0.1, 0.15) is 0 Å². The van der Waals surface area contributed by atoms with E-state index < -0.39 is 39.3 Å². The van der Waals surface area contributed by atoms with Crippen molar-refractivity contribution in [1.82, 2.24) is 4.31 Å². The molecule has 1 fully saturated rings. The number of aliphatic hydroxyl groups excluding tert-OH is 1. The monoisotopic (exact) mass is 237 g/mol. The molecule has 15 heavy (non-hydrogen) atoms. The molecule has 1 unspecified atom stereocenters. The molecule has 0 aromatic rings. The Morgan fingerprint density at radius 2 is 2.00 bits per heavy atom. The van der Waals surface area contributed by atoms with Crippen molar-refractivity contribution in [1.29, 1.82) is 0 Å². The first-order valence-electron chi connectivity index (χ1n) is 4.10. The Hall–Kier alpha value is -1.15. The van der Waals surface area contributed by atoms with E-state index in [1.807, 2.05) is 0 Å². The van der Waals surface area contributed by atoms with Crippen LogP contribution in [0.5, 0.6) is 0 Å². The molecule has 0 radical (unpaired) electrons. The molecule has 8 heteroatoms. The molecular weight excluding hydrogens is 226 g/mol. The van der Waals surface area contributed by atoms with Crippen LogP contribution < -0.4 is 0 Å². The summed E-state index contributed by atoms with van der Waals surface area (Å²) in [5, 5.41) is 17.3. The second-order valence-electron chi connectivity index (χ2n) is 3.71. The third-order valence-electron chi connectivity index (χ3n) is 2.30. The molecule has 0 aromatic carbocycles. The summed E-state index contributed by atoms with van der Waals surface area (Å²) in [7, 11) is -3.82. The molecule has 2 N–H and O–H groups in total. The number of aliphatic hydroxyl groups is 1. The highest BCUT2D eigenvalue weighted by Gasteiger charge is 2.60. The lowest BCUT2D eigenvalue weighted by atomic mass is 10.2. The lowest BCUT2D eigenvalue weighted by molar-refractivity contribution is -0.148. The van der Waals surface area contributed by atoms with E-state index in [1.165, 1.54) is 13.8 Å². The van der Waals surface area contributed by atoms with E-state index in [0.717, 1.165) is 0 Å². The van der Waals surface area contributed by atoms with Crippen molar-refractivity contribution >= 4 is 21.9 Å². The Balaban J connectivity index is 2.85. The third-order valence-corrected chi connectivity index (χ3v) is 4.66. The standard InChI is InChI=1S/C7H11NO6S/c1-7(2)6(12)8(15(7,13)14)3-4(9)5(10)11/h4,9H,3H2,1-2H3,(H,10,11). The summed E-state index contributed by atoms with van der Waals surface area (Å²) in [6.07, 6.45) is -1.89. The number of nitrogens with zero attached hydrogens (tertiary/aromatic N) is 1. The van der Waals surface area contributed by atoms with Gasteiger partial charge in [-0.1, -0.05) is 0 Å². The summed E-state index contributed by atoms with van der Waals surface area (Å²) in [6.45, 7) is 1.72. The second-order valence-corrected chi connectivity index (χ2v) is 6.12. The minimum absolute atomic E-state index is 0.381. The average Bonchev–Trinajstić information content (AvgIpc) is 2.11. The lowest BCUT2D eigenvalue weighted by Gasteiger charge is -2.43. The highest BCUT2D eigenvalue weighted by Crippen LogP contribution is 2.34. The molecular formula is C7H11NO6S. The fourth-order valence-corrected chi connectivity index (χ4v) is 2.71.